The number of hydrogen-bond donors (Lipinski definition) is 0. The number of fused-ring (bicyclic) bond motifs is 3. The number of nitrogens with zero attached hydrogens (tertiary/aromatic N) is 1. The fraction of sp³-hybridized carbons (Fsp3) is 0.231. The molecule has 1 aromatic carbocycles. The number of rotatable bonds is 0. The lowest BCUT2D eigenvalue weighted by atomic mass is 10.1. The summed E-state index contributed by atoms with van der Waals surface area (Å²) >= 11 is 0. The van der Waals surface area contributed by atoms with E-state index in [0.717, 1.165) is 6.42 Å². The van der Waals surface area contributed by atoms with Gasteiger partial charge in [0.2, 0.25) is 0 Å². The van der Waals surface area contributed by atoms with Crippen molar-refractivity contribution in [2.45, 2.75) is 19.4 Å². The van der Waals surface area contributed by atoms with Gasteiger partial charge in [-0.05, 0) is 31.1 Å². The normalized spacial score (nSPS) is 22.4. The lowest BCUT2D eigenvalue weighted by molar-refractivity contribution is 0.820. The fourth-order valence-corrected chi connectivity index (χ4v) is 2.32. The summed E-state index contributed by atoms with van der Waals surface area (Å²) < 4.78 is 0. The zero-order chi connectivity index (χ0) is 9.54. The summed E-state index contributed by atoms with van der Waals surface area (Å²) in [5.41, 5.74) is 4.21. The molecule has 0 bridgehead atoms. The molecule has 1 unspecified atom stereocenters. The fourth-order valence-electron chi connectivity index (χ4n) is 2.32. The van der Waals surface area contributed by atoms with Crippen LogP contribution in [0.2, 0.25) is 0 Å². The number of benzene rings is 1. The maximum atomic E-state index is 2.36. The van der Waals surface area contributed by atoms with E-state index < -0.39 is 0 Å². The summed E-state index contributed by atoms with van der Waals surface area (Å²) in [6.07, 6.45) is 9.84. The molecule has 0 fully saturated rings. The van der Waals surface area contributed by atoms with Crippen molar-refractivity contribution in [1.29, 1.82) is 0 Å². The van der Waals surface area contributed by atoms with E-state index in [2.05, 4.69) is 54.5 Å². The van der Waals surface area contributed by atoms with Crippen LogP contribution in [0.25, 0.3) is 0 Å². The Morgan fingerprint density at radius 3 is 3.14 bits per heavy atom. The van der Waals surface area contributed by atoms with Crippen molar-refractivity contribution in [2.24, 2.45) is 0 Å². The highest BCUT2D eigenvalue weighted by Crippen LogP contribution is 2.34. The molecule has 0 radical (unpaired) electrons. The van der Waals surface area contributed by atoms with Crippen LogP contribution in [0.4, 0.5) is 5.69 Å². The lowest BCUT2D eigenvalue weighted by Gasteiger charge is -2.22. The first kappa shape index (κ1) is 7.86. The van der Waals surface area contributed by atoms with E-state index in [1.165, 1.54) is 16.8 Å². The molecule has 70 valence electrons. The van der Waals surface area contributed by atoms with Gasteiger partial charge in [0.05, 0.1) is 6.04 Å². The van der Waals surface area contributed by atoms with Crippen molar-refractivity contribution in [3.8, 4) is 0 Å². The second-order valence-corrected chi connectivity index (χ2v) is 4.04. The molecule has 0 aliphatic carbocycles. The minimum atomic E-state index is 0.553. The molecule has 3 rings (SSSR count). The standard InChI is InChI=1S/C13H13N/c1-10-5-6-13-11(8-10)9-12-4-2-3-7-14(12)13/h2-8,12H,9H2,1H3. The van der Waals surface area contributed by atoms with E-state index in [-0.39, 0.29) is 0 Å². The molecule has 1 nitrogen and oxygen atoms in total. The van der Waals surface area contributed by atoms with Crippen LogP contribution >= 0.6 is 0 Å². The molecule has 0 saturated heterocycles. The zero-order valence-electron chi connectivity index (χ0n) is 8.27. The molecule has 2 aliphatic heterocycles. The summed E-state index contributed by atoms with van der Waals surface area (Å²) in [6, 6.07) is 7.27. The Kier molecular flexibility index (Phi) is 1.54. The Balaban J connectivity index is 2.11. The molecule has 14 heavy (non-hydrogen) atoms. The summed E-state index contributed by atoms with van der Waals surface area (Å²) in [5, 5.41) is 0. The molecular formula is C13H13N. The van der Waals surface area contributed by atoms with Crippen LogP contribution in [-0.2, 0) is 6.42 Å². The first-order valence-corrected chi connectivity index (χ1v) is 5.07. The Morgan fingerprint density at radius 2 is 2.21 bits per heavy atom. The Bertz CT molecular complexity index is 429. The number of anilines is 1. The molecule has 0 amide bonds. The topological polar surface area (TPSA) is 3.24 Å². The average Bonchev–Trinajstić information content (AvgIpc) is 2.54. The van der Waals surface area contributed by atoms with Gasteiger partial charge in [0.1, 0.15) is 0 Å². The highest BCUT2D eigenvalue weighted by Gasteiger charge is 2.26. The Labute approximate surface area is 84.4 Å². The first-order chi connectivity index (χ1) is 6.84. The van der Waals surface area contributed by atoms with E-state index in [1.54, 1.807) is 0 Å². The zero-order valence-corrected chi connectivity index (χ0v) is 8.27. The van der Waals surface area contributed by atoms with Gasteiger partial charge in [-0.2, -0.15) is 0 Å². The van der Waals surface area contributed by atoms with E-state index in [4.69, 9.17) is 0 Å². The van der Waals surface area contributed by atoms with Gasteiger partial charge in [-0.25, -0.2) is 0 Å². The summed E-state index contributed by atoms with van der Waals surface area (Å²) in [4.78, 5) is 2.36. The third-order valence-corrected chi connectivity index (χ3v) is 2.99. The molecular weight excluding hydrogens is 170 g/mol. The van der Waals surface area contributed by atoms with Crippen LogP contribution in [0.3, 0.4) is 0 Å². The lowest BCUT2D eigenvalue weighted by Crippen LogP contribution is -2.25. The van der Waals surface area contributed by atoms with Gasteiger partial charge in [0.25, 0.3) is 0 Å². The van der Waals surface area contributed by atoms with Crippen molar-refractivity contribution >= 4 is 5.69 Å². The van der Waals surface area contributed by atoms with Crippen LogP contribution in [-0.4, -0.2) is 6.04 Å². The molecule has 2 heterocycles. The summed E-state index contributed by atoms with van der Waals surface area (Å²) in [6.45, 7) is 2.16. The van der Waals surface area contributed by atoms with Crippen LogP contribution in [0.15, 0.2) is 42.6 Å². The third-order valence-electron chi connectivity index (χ3n) is 2.99. The minimum absolute atomic E-state index is 0.553. The molecule has 1 heteroatoms. The quantitative estimate of drug-likeness (QED) is 0.598. The SMILES string of the molecule is Cc1ccc2c(c1)CC1C=CC=CN21. The van der Waals surface area contributed by atoms with E-state index in [1.807, 2.05) is 0 Å². The minimum Gasteiger partial charge on any atom is -0.341 e. The second-order valence-electron chi connectivity index (χ2n) is 4.04. The van der Waals surface area contributed by atoms with Gasteiger partial charge < -0.3 is 4.90 Å². The maximum absolute atomic E-state index is 2.36. The molecule has 0 saturated carbocycles. The monoisotopic (exact) mass is 183 g/mol. The molecule has 0 spiro atoms. The van der Waals surface area contributed by atoms with Crippen molar-refractivity contribution < 1.29 is 0 Å². The third kappa shape index (κ3) is 1.02. The number of hydrogen-bond acceptors (Lipinski definition) is 1. The van der Waals surface area contributed by atoms with Crippen LogP contribution in [0, 0.1) is 6.92 Å². The van der Waals surface area contributed by atoms with Gasteiger partial charge in [0, 0.05) is 11.9 Å². The first-order valence-electron chi connectivity index (χ1n) is 5.07. The average molecular weight is 183 g/mol. The smallest absolute Gasteiger partial charge is 0.0560 e. The molecule has 0 aromatic heterocycles. The van der Waals surface area contributed by atoms with E-state index in [0.29, 0.717) is 6.04 Å². The van der Waals surface area contributed by atoms with Gasteiger partial charge in [-0.1, -0.05) is 29.8 Å². The number of allylic oxidation sites excluding steroid dienone is 2. The molecule has 0 N–H and O–H groups in total. The second kappa shape index (κ2) is 2.74. The maximum Gasteiger partial charge on any atom is 0.0560 e. The van der Waals surface area contributed by atoms with Crippen LogP contribution in [0.5, 0.6) is 0 Å². The van der Waals surface area contributed by atoms with E-state index >= 15 is 0 Å². The van der Waals surface area contributed by atoms with Crippen molar-refractivity contribution in [1.82, 2.24) is 0 Å². The Hall–Kier alpha value is -1.50. The Morgan fingerprint density at radius 1 is 1.29 bits per heavy atom. The molecule has 2 aliphatic rings. The van der Waals surface area contributed by atoms with Crippen molar-refractivity contribution in [2.75, 3.05) is 4.90 Å². The predicted octanol–water partition coefficient (Wildman–Crippen LogP) is 2.81. The van der Waals surface area contributed by atoms with Gasteiger partial charge >= 0.3 is 0 Å². The van der Waals surface area contributed by atoms with Crippen LogP contribution in [0.1, 0.15) is 11.1 Å². The largest absolute Gasteiger partial charge is 0.341 e. The highest BCUT2D eigenvalue weighted by atomic mass is 15.2. The molecule has 1 aromatic rings. The van der Waals surface area contributed by atoms with Gasteiger partial charge in [-0.15, -0.1) is 0 Å². The van der Waals surface area contributed by atoms with Crippen molar-refractivity contribution in [3.05, 3.63) is 53.8 Å². The van der Waals surface area contributed by atoms with Gasteiger partial charge in [-0.3, -0.25) is 0 Å². The van der Waals surface area contributed by atoms with E-state index in [9.17, 15) is 0 Å². The highest BCUT2D eigenvalue weighted by molar-refractivity contribution is 5.64. The summed E-state index contributed by atoms with van der Waals surface area (Å²) in [7, 11) is 0. The van der Waals surface area contributed by atoms with Crippen LogP contribution < -0.4 is 4.90 Å². The van der Waals surface area contributed by atoms with Crippen molar-refractivity contribution in [3.63, 3.8) is 0 Å². The number of aryl methyl sites for hydroxylation is 1. The summed E-state index contributed by atoms with van der Waals surface area (Å²) in [5.74, 6) is 0. The van der Waals surface area contributed by atoms with Gasteiger partial charge in [0.15, 0.2) is 0 Å². The molecule has 1 atom stereocenters. The predicted molar refractivity (Wildman–Crippen MR) is 59.4 cm³/mol.